The number of aromatic nitrogens is 3. The first-order valence-electron chi connectivity index (χ1n) is 8.17. The van der Waals surface area contributed by atoms with Crippen LogP contribution in [0.5, 0.6) is 0 Å². The van der Waals surface area contributed by atoms with Gasteiger partial charge in [-0.1, -0.05) is 6.92 Å². The fourth-order valence-electron chi connectivity index (χ4n) is 2.56. The molecule has 0 bridgehead atoms. The first kappa shape index (κ1) is 17.9. The molecule has 0 atom stereocenters. The first-order valence-corrected chi connectivity index (χ1v) is 8.17. The van der Waals surface area contributed by atoms with E-state index in [0.717, 1.165) is 34.7 Å². The van der Waals surface area contributed by atoms with Gasteiger partial charge in [0.25, 0.3) is 5.91 Å². The Morgan fingerprint density at radius 3 is 2.75 bits per heavy atom. The van der Waals surface area contributed by atoms with Crippen LogP contribution in [-0.4, -0.2) is 39.6 Å². The Morgan fingerprint density at radius 1 is 1.29 bits per heavy atom. The van der Waals surface area contributed by atoms with Crippen molar-refractivity contribution in [3.63, 3.8) is 0 Å². The van der Waals surface area contributed by atoms with Crippen molar-refractivity contribution < 1.29 is 14.3 Å². The maximum atomic E-state index is 11.8. The van der Waals surface area contributed by atoms with Crippen molar-refractivity contribution in [2.45, 2.75) is 47.0 Å². The zero-order valence-electron chi connectivity index (χ0n) is 14.7. The second kappa shape index (κ2) is 7.90. The number of esters is 1. The molecule has 130 valence electrons. The standard InChI is InChI=1S/C17H24N4O3/c1-5-8-18-16(22)10-24-17(23)7-6-14-12(3)19-15-9-11(2)20-21(15)13(14)4/h9H,5-8,10H2,1-4H3,(H,18,22). The molecule has 2 rings (SSSR count). The number of hydrogen-bond acceptors (Lipinski definition) is 5. The van der Waals surface area contributed by atoms with Gasteiger partial charge < -0.3 is 10.1 Å². The summed E-state index contributed by atoms with van der Waals surface area (Å²) < 4.78 is 6.79. The number of aryl methyl sites for hydroxylation is 3. The molecular weight excluding hydrogens is 308 g/mol. The molecule has 0 aliphatic carbocycles. The normalized spacial score (nSPS) is 10.8. The highest BCUT2D eigenvalue weighted by Crippen LogP contribution is 2.17. The molecule has 0 aliphatic heterocycles. The Bertz CT molecular complexity index is 752. The zero-order chi connectivity index (χ0) is 17.7. The van der Waals surface area contributed by atoms with Crippen LogP contribution in [0.1, 0.15) is 42.4 Å². The molecule has 2 aromatic heterocycles. The van der Waals surface area contributed by atoms with Gasteiger partial charge in [0.2, 0.25) is 0 Å². The van der Waals surface area contributed by atoms with Gasteiger partial charge in [0, 0.05) is 30.4 Å². The first-order chi connectivity index (χ1) is 11.4. The Hall–Kier alpha value is -2.44. The van der Waals surface area contributed by atoms with Crippen molar-refractivity contribution in [2.75, 3.05) is 13.2 Å². The number of nitrogens with zero attached hydrogens (tertiary/aromatic N) is 3. The molecule has 0 radical (unpaired) electrons. The van der Waals surface area contributed by atoms with E-state index in [1.807, 2.05) is 33.8 Å². The van der Waals surface area contributed by atoms with Crippen molar-refractivity contribution >= 4 is 17.5 Å². The van der Waals surface area contributed by atoms with Crippen LogP contribution in [0.25, 0.3) is 5.65 Å². The Kier molecular flexibility index (Phi) is 5.89. The van der Waals surface area contributed by atoms with Crippen molar-refractivity contribution in [3.05, 3.63) is 28.7 Å². The third-order valence-electron chi connectivity index (χ3n) is 3.80. The topological polar surface area (TPSA) is 85.6 Å². The van der Waals surface area contributed by atoms with Gasteiger partial charge in [-0.3, -0.25) is 9.59 Å². The van der Waals surface area contributed by atoms with E-state index in [9.17, 15) is 9.59 Å². The summed E-state index contributed by atoms with van der Waals surface area (Å²) in [6.07, 6.45) is 1.56. The number of amides is 1. The number of rotatable bonds is 7. The molecule has 0 saturated carbocycles. The number of carbonyl (C=O) groups excluding carboxylic acids is 2. The van der Waals surface area contributed by atoms with E-state index in [-0.39, 0.29) is 18.9 Å². The number of ether oxygens (including phenoxy) is 1. The van der Waals surface area contributed by atoms with Crippen LogP contribution in [0.2, 0.25) is 0 Å². The van der Waals surface area contributed by atoms with E-state index in [2.05, 4.69) is 15.4 Å². The van der Waals surface area contributed by atoms with Crippen LogP contribution in [0.15, 0.2) is 6.07 Å². The molecule has 0 aromatic carbocycles. The van der Waals surface area contributed by atoms with E-state index in [4.69, 9.17) is 4.74 Å². The Balaban J connectivity index is 1.95. The molecule has 0 unspecified atom stereocenters. The van der Waals surface area contributed by atoms with Crippen LogP contribution < -0.4 is 5.32 Å². The molecule has 0 saturated heterocycles. The number of fused-ring (bicyclic) bond motifs is 1. The van der Waals surface area contributed by atoms with E-state index < -0.39 is 5.97 Å². The lowest BCUT2D eigenvalue weighted by Crippen LogP contribution is -2.29. The fraction of sp³-hybridized carbons (Fsp3) is 0.529. The second-order valence-electron chi connectivity index (χ2n) is 5.83. The molecule has 2 heterocycles. The minimum absolute atomic E-state index is 0.205. The lowest BCUT2D eigenvalue weighted by Gasteiger charge is -2.11. The smallest absolute Gasteiger partial charge is 0.306 e. The summed E-state index contributed by atoms with van der Waals surface area (Å²) in [5.41, 5.74) is 4.55. The van der Waals surface area contributed by atoms with Crippen LogP contribution in [0.4, 0.5) is 0 Å². The maximum Gasteiger partial charge on any atom is 0.306 e. The average Bonchev–Trinajstić information content (AvgIpc) is 2.91. The summed E-state index contributed by atoms with van der Waals surface area (Å²) in [5, 5.41) is 7.08. The summed E-state index contributed by atoms with van der Waals surface area (Å²) in [6.45, 7) is 8.13. The van der Waals surface area contributed by atoms with Gasteiger partial charge in [-0.05, 0) is 39.2 Å². The summed E-state index contributed by atoms with van der Waals surface area (Å²) in [7, 11) is 0. The molecule has 1 N–H and O–H groups in total. The third kappa shape index (κ3) is 4.31. The maximum absolute atomic E-state index is 11.8. The lowest BCUT2D eigenvalue weighted by atomic mass is 10.1. The molecular formula is C17H24N4O3. The summed E-state index contributed by atoms with van der Waals surface area (Å²) >= 11 is 0. The predicted molar refractivity (Wildman–Crippen MR) is 89.8 cm³/mol. The van der Waals surface area contributed by atoms with Crippen LogP contribution in [0.3, 0.4) is 0 Å². The molecule has 2 aromatic rings. The van der Waals surface area contributed by atoms with Gasteiger partial charge in [0.1, 0.15) is 0 Å². The van der Waals surface area contributed by atoms with Gasteiger partial charge in [0.15, 0.2) is 12.3 Å². The quantitative estimate of drug-likeness (QED) is 0.779. The Morgan fingerprint density at radius 2 is 2.04 bits per heavy atom. The van der Waals surface area contributed by atoms with Crippen LogP contribution in [-0.2, 0) is 20.7 Å². The minimum Gasteiger partial charge on any atom is -0.456 e. The molecule has 1 amide bonds. The van der Waals surface area contributed by atoms with Gasteiger partial charge in [-0.2, -0.15) is 5.10 Å². The van der Waals surface area contributed by atoms with E-state index in [0.29, 0.717) is 13.0 Å². The molecule has 7 nitrogen and oxygen atoms in total. The second-order valence-corrected chi connectivity index (χ2v) is 5.83. The van der Waals surface area contributed by atoms with Crippen LogP contribution >= 0.6 is 0 Å². The van der Waals surface area contributed by atoms with Crippen molar-refractivity contribution in [1.29, 1.82) is 0 Å². The van der Waals surface area contributed by atoms with Gasteiger partial charge >= 0.3 is 5.97 Å². The molecule has 0 fully saturated rings. The predicted octanol–water partition coefficient (Wildman–Crippen LogP) is 1.66. The van der Waals surface area contributed by atoms with Crippen molar-refractivity contribution in [2.24, 2.45) is 0 Å². The monoisotopic (exact) mass is 332 g/mol. The number of carbonyl (C=O) groups is 2. The highest BCUT2D eigenvalue weighted by Gasteiger charge is 2.14. The Labute approximate surface area is 141 Å². The van der Waals surface area contributed by atoms with Crippen molar-refractivity contribution in [1.82, 2.24) is 19.9 Å². The third-order valence-corrected chi connectivity index (χ3v) is 3.80. The lowest BCUT2D eigenvalue weighted by molar-refractivity contribution is -0.148. The van der Waals surface area contributed by atoms with Gasteiger partial charge in [-0.15, -0.1) is 0 Å². The highest BCUT2D eigenvalue weighted by atomic mass is 16.5. The van der Waals surface area contributed by atoms with Gasteiger partial charge in [0.05, 0.1) is 5.69 Å². The van der Waals surface area contributed by atoms with E-state index in [1.54, 1.807) is 4.52 Å². The van der Waals surface area contributed by atoms with E-state index >= 15 is 0 Å². The van der Waals surface area contributed by atoms with Crippen molar-refractivity contribution in [3.8, 4) is 0 Å². The molecule has 7 heteroatoms. The minimum atomic E-state index is -0.391. The van der Waals surface area contributed by atoms with Gasteiger partial charge in [-0.25, -0.2) is 9.50 Å². The van der Waals surface area contributed by atoms with E-state index in [1.165, 1.54) is 0 Å². The average molecular weight is 332 g/mol. The number of hydrogen-bond donors (Lipinski definition) is 1. The molecule has 0 aliphatic rings. The zero-order valence-corrected chi connectivity index (χ0v) is 14.7. The summed E-state index contributed by atoms with van der Waals surface area (Å²) in [4.78, 5) is 27.8. The van der Waals surface area contributed by atoms with Crippen LogP contribution in [0, 0.1) is 20.8 Å². The largest absolute Gasteiger partial charge is 0.456 e. The summed E-state index contributed by atoms with van der Waals surface area (Å²) in [5.74, 6) is -0.662. The molecule has 0 spiro atoms. The highest BCUT2D eigenvalue weighted by molar-refractivity contribution is 5.80. The summed E-state index contributed by atoms with van der Waals surface area (Å²) in [6, 6.07) is 1.92. The fourth-order valence-corrected chi connectivity index (χ4v) is 2.56. The molecule has 24 heavy (non-hydrogen) atoms. The number of nitrogens with one attached hydrogen (secondary N) is 1. The SMILES string of the molecule is CCCNC(=O)COC(=O)CCc1c(C)nc2cc(C)nn2c1C.